The van der Waals surface area contributed by atoms with Gasteiger partial charge in [-0.05, 0) is 13.0 Å². The molecule has 3 nitrogen and oxygen atoms in total. The van der Waals surface area contributed by atoms with E-state index in [1.807, 2.05) is 6.07 Å². The van der Waals surface area contributed by atoms with Crippen LogP contribution in [-0.4, -0.2) is 11.6 Å². The molecule has 1 aromatic heterocycles. The molecule has 0 fully saturated rings. The van der Waals surface area contributed by atoms with Crippen molar-refractivity contribution in [2.24, 2.45) is 0 Å². The highest BCUT2D eigenvalue weighted by molar-refractivity contribution is 5.41. The molecule has 0 atom stereocenters. The smallest absolute Gasteiger partial charge is 0.388 e. The molecule has 0 bridgehead atoms. The molecule has 0 aromatic carbocycles. The van der Waals surface area contributed by atoms with Gasteiger partial charge in [0.25, 0.3) is 0 Å². The third-order valence-electron chi connectivity index (χ3n) is 1.48. The summed E-state index contributed by atoms with van der Waals surface area (Å²) in [6, 6.07) is 3.28. The summed E-state index contributed by atoms with van der Waals surface area (Å²) in [4.78, 5) is 3.57. The lowest BCUT2D eigenvalue weighted by atomic mass is 10.2. The first-order chi connectivity index (χ1) is 6.15. The maximum absolute atomic E-state index is 11.8. The molecule has 0 unspecified atom stereocenters. The van der Waals surface area contributed by atoms with E-state index in [-0.39, 0.29) is 11.4 Å². The Morgan fingerprint density at radius 3 is 2.85 bits per heavy atom. The van der Waals surface area contributed by atoms with Crippen LogP contribution in [0.3, 0.4) is 0 Å². The summed E-state index contributed by atoms with van der Waals surface area (Å²) in [5.41, 5.74) is 0.607. The number of halogens is 2. The van der Waals surface area contributed by atoms with Crippen molar-refractivity contribution in [2.45, 2.75) is 13.5 Å². The van der Waals surface area contributed by atoms with Crippen LogP contribution in [0.1, 0.15) is 11.1 Å². The molecule has 0 N–H and O–H groups in total. The second-order valence-electron chi connectivity index (χ2n) is 2.28. The zero-order valence-corrected chi connectivity index (χ0v) is 6.79. The number of hydrogen-bond donors (Lipinski definition) is 0. The van der Waals surface area contributed by atoms with Gasteiger partial charge < -0.3 is 4.74 Å². The summed E-state index contributed by atoms with van der Waals surface area (Å²) in [7, 11) is 0. The van der Waals surface area contributed by atoms with E-state index in [0.29, 0.717) is 5.56 Å². The zero-order valence-electron chi connectivity index (χ0n) is 6.79. The van der Waals surface area contributed by atoms with Crippen LogP contribution in [-0.2, 0) is 0 Å². The van der Waals surface area contributed by atoms with E-state index in [4.69, 9.17) is 5.26 Å². The first-order valence-electron chi connectivity index (χ1n) is 3.45. The van der Waals surface area contributed by atoms with Gasteiger partial charge in [0.05, 0.1) is 11.6 Å². The lowest BCUT2D eigenvalue weighted by molar-refractivity contribution is -0.0533. The Bertz CT molecular complexity index is 346. The minimum Gasteiger partial charge on any atom is -0.417 e. The molecule has 0 aliphatic carbocycles. The highest BCUT2D eigenvalue weighted by Gasteiger charge is 2.10. The molecule has 1 rings (SSSR count). The van der Waals surface area contributed by atoms with Gasteiger partial charge in [0, 0.05) is 11.8 Å². The van der Waals surface area contributed by atoms with Crippen LogP contribution in [0.25, 0.3) is 0 Å². The van der Waals surface area contributed by atoms with E-state index in [9.17, 15) is 8.78 Å². The summed E-state index contributed by atoms with van der Waals surface area (Å²) in [5.74, 6) is -0.200. The second kappa shape index (κ2) is 3.81. The number of pyridine rings is 1. The van der Waals surface area contributed by atoms with Crippen LogP contribution in [0.4, 0.5) is 8.78 Å². The van der Waals surface area contributed by atoms with Gasteiger partial charge >= 0.3 is 6.61 Å². The van der Waals surface area contributed by atoms with Gasteiger partial charge in [-0.3, -0.25) is 0 Å². The summed E-state index contributed by atoms with van der Waals surface area (Å²) in [6.07, 6.45) is 1.25. The Labute approximate surface area is 73.6 Å². The first kappa shape index (κ1) is 9.39. The van der Waals surface area contributed by atoms with Gasteiger partial charge in [0.15, 0.2) is 0 Å². The van der Waals surface area contributed by atoms with Crippen LogP contribution in [0.2, 0.25) is 0 Å². The summed E-state index contributed by atoms with van der Waals surface area (Å²) in [5, 5.41) is 8.56. The molecule has 1 aromatic rings. The minimum absolute atomic E-state index is 0.200. The second-order valence-corrected chi connectivity index (χ2v) is 2.28. The Morgan fingerprint density at radius 1 is 1.62 bits per heavy atom. The third-order valence-corrected chi connectivity index (χ3v) is 1.48. The van der Waals surface area contributed by atoms with Crippen molar-refractivity contribution < 1.29 is 13.5 Å². The van der Waals surface area contributed by atoms with E-state index < -0.39 is 6.61 Å². The molecular weight excluding hydrogens is 178 g/mol. The normalized spacial score (nSPS) is 9.77. The Hall–Kier alpha value is -1.70. The topological polar surface area (TPSA) is 45.9 Å². The number of alkyl halides is 2. The molecule has 0 saturated carbocycles. The van der Waals surface area contributed by atoms with Crippen molar-refractivity contribution in [1.29, 1.82) is 5.26 Å². The number of nitriles is 1. The standard InChI is InChI=1S/C8H6F2N2O/c1-5-6(4-11)2-3-12-7(5)13-8(9)10/h2-3,8H,1H3. The average molecular weight is 184 g/mol. The average Bonchev–Trinajstić information content (AvgIpc) is 2.08. The molecule has 0 radical (unpaired) electrons. The molecule has 0 spiro atoms. The van der Waals surface area contributed by atoms with Gasteiger partial charge in [-0.25, -0.2) is 4.98 Å². The molecule has 1 heterocycles. The molecule has 0 aliphatic heterocycles. The lowest BCUT2D eigenvalue weighted by Gasteiger charge is -2.06. The fourth-order valence-corrected chi connectivity index (χ4v) is 0.841. The largest absolute Gasteiger partial charge is 0.417 e. The molecule has 13 heavy (non-hydrogen) atoms. The molecule has 0 amide bonds. The molecule has 0 saturated heterocycles. The van der Waals surface area contributed by atoms with Crippen molar-refractivity contribution in [2.75, 3.05) is 0 Å². The van der Waals surface area contributed by atoms with E-state index in [1.165, 1.54) is 19.2 Å². The minimum atomic E-state index is -2.92. The van der Waals surface area contributed by atoms with Crippen molar-refractivity contribution >= 4 is 0 Å². The molecule has 0 aliphatic rings. The monoisotopic (exact) mass is 184 g/mol. The van der Waals surface area contributed by atoms with Gasteiger partial charge in [-0.1, -0.05) is 0 Å². The zero-order chi connectivity index (χ0) is 9.84. The van der Waals surface area contributed by atoms with Crippen LogP contribution < -0.4 is 4.74 Å². The number of hydrogen-bond acceptors (Lipinski definition) is 3. The Morgan fingerprint density at radius 2 is 2.31 bits per heavy atom. The van der Waals surface area contributed by atoms with E-state index >= 15 is 0 Å². The van der Waals surface area contributed by atoms with Crippen LogP contribution in [0.5, 0.6) is 5.88 Å². The predicted molar refractivity (Wildman–Crippen MR) is 40.3 cm³/mol. The predicted octanol–water partition coefficient (Wildman–Crippen LogP) is 1.86. The summed E-state index contributed by atoms with van der Waals surface area (Å²) >= 11 is 0. The maximum atomic E-state index is 11.8. The van der Waals surface area contributed by atoms with E-state index in [0.717, 1.165) is 0 Å². The molecular formula is C8H6F2N2O. The van der Waals surface area contributed by atoms with Crippen molar-refractivity contribution in [3.8, 4) is 11.9 Å². The summed E-state index contributed by atoms with van der Waals surface area (Å²) < 4.78 is 27.7. The first-order valence-corrected chi connectivity index (χ1v) is 3.45. The van der Waals surface area contributed by atoms with E-state index in [2.05, 4.69) is 9.72 Å². The van der Waals surface area contributed by atoms with Gasteiger partial charge in [-0.2, -0.15) is 14.0 Å². The van der Waals surface area contributed by atoms with Crippen molar-refractivity contribution in [3.05, 3.63) is 23.4 Å². The van der Waals surface area contributed by atoms with Crippen molar-refractivity contribution in [1.82, 2.24) is 4.98 Å². The number of aromatic nitrogens is 1. The Balaban J connectivity index is 3.03. The van der Waals surface area contributed by atoms with Gasteiger partial charge in [-0.15, -0.1) is 0 Å². The number of rotatable bonds is 2. The SMILES string of the molecule is Cc1c(C#N)ccnc1OC(F)F. The third kappa shape index (κ3) is 2.12. The summed E-state index contributed by atoms with van der Waals surface area (Å²) in [6.45, 7) is -1.41. The molecule has 5 heteroatoms. The highest BCUT2D eigenvalue weighted by atomic mass is 19.3. The molecule has 68 valence electrons. The fourth-order valence-electron chi connectivity index (χ4n) is 0.841. The van der Waals surface area contributed by atoms with Crippen LogP contribution >= 0.6 is 0 Å². The number of ether oxygens (including phenoxy) is 1. The van der Waals surface area contributed by atoms with E-state index in [1.54, 1.807) is 0 Å². The lowest BCUT2D eigenvalue weighted by Crippen LogP contribution is -2.05. The fraction of sp³-hybridized carbons (Fsp3) is 0.250. The van der Waals surface area contributed by atoms with Crippen LogP contribution in [0, 0.1) is 18.3 Å². The van der Waals surface area contributed by atoms with Crippen molar-refractivity contribution in [3.63, 3.8) is 0 Å². The van der Waals surface area contributed by atoms with Crippen LogP contribution in [0.15, 0.2) is 12.3 Å². The van der Waals surface area contributed by atoms with Gasteiger partial charge in [0.1, 0.15) is 0 Å². The number of nitrogens with zero attached hydrogens (tertiary/aromatic N) is 2. The Kier molecular flexibility index (Phi) is 2.75. The van der Waals surface area contributed by atoms with Gasteiger partial charge in [0.2, 0.25) is 5.88 Å². The highest BCUT2D eigenvalue weighted by Crippen LogP contribution is 2.18. The maximum Gasteiger partial charge on any atom is 0.388 e. The quantitative estimate of drug-likeness (QED) is 0.704.